The molecule has 0 bridgehead atoms. The van der Waals surface area contributed by atoms with E-state index >= 15 is 0 Å². The fourth-order valence-corrected chi connectivity index (χ4v) is 4.77. The van der Waals surface area contributed by atoms with Gasteiger partial charge in [-0.05, 0) is 49.6 Å². The Morgan fingerprint density at radius 2 is 1.92 bits per heavy atom. The van der Waals surface area contributed by atoms with Gasteiger partial charge in [-0.25, -0.2) is 9.87 Å². The molecule has 0 spiro atoms. The highest BCUT2D eigenvalue weighted by atomic mass is 19.1. The van der Waals surface area contributed by atoms with E-state index < -0.39 is 11.7 Å². The lowest BCUT2D eigenvalue weighted by Gasteiger charge is -2.37. The van der Waals surface area contributed by atoms with E-state index in [1.165, 1.54) is 32.0 Å². The van der Waals surface area contributed by atoms with E-state index in [2.05, 4.69) is 60.6 Å². The summed E-state index contributed by atoms with van der Waals surface area (Å²) in [5.74, 6) is -0.927. The number of piperazine rings is 1. The summed E-state index contributed by atoms with van der Waals surface area (Å²) < 4.78 is 19.9. The van der Waals surface area contributed by atoms with Gasteiger partial charge in [0.05, 0.1) is 14.2 Å². The third-order valence-electron chi connectivity index (χ3n) is 7.00. The van der Waals surface area contributed by atoms with Crippen molar-refractivity contribution in [1.29, 1.82) is 0 Å². The number of methoxy groups -OCH3 is 1. The van der Waals surface area contributed by atoms with Crippen LogP contribution in [0.3, 0.4) is 0 Å². The van der Waals surface area contributed by atoms with Crippen LogP contribution in [0.1, 0.15) is 35.7 Å². The van der Waals surface area contributed by atoms with Gasteiger partial charge in [0.2, 0.25) is 0 Å². The van der Waals surface area contributed by atoms with Gasteiger partial charge in [0.1, 0.15) is 0 Å². The summed E-state index contributed by atoms with van der Waals surface area (Å²) in [6.07, 6.45) is 12.0. The van der Waals surface area contributed by atoms with Crippen LogP contribution in [0, 0.1) is 11.7 Å². The topological polar surface area (TPSA) is 90.8 Å². The molecule has 1 aliphatic carbocycles. The molecule has 2 N–H and O–H groups in total. The van der Waals surface area contributed by atoms with E-state index in [0.29, 0.717) is 18.4 Å². The maximum absolute atomic E-state index is 14.8. The number of aliphatic imine (C=N–C) groups is 2. The molecule has 200 valence electrons. The minimum absolute atomic E-state index is 0.0184. The van der Waals surface area contributed by atoms with Gasteiger partial charge in [0.15, 0.2) is 17.9 Å². The second-order valence-corrected chi connectivity index (χ2v) is 9.38. The maximum atomic E-state index is 14.8. The number of hydroxylamine groups is 1. The lowest BCUT2D eigenvalue weighted by molar-refractivity contribution is 0.0537. The number of hydrogen-bond donors (Lipinski definition) is 2. The van der Waals surface area contributed by atoms with Gasteiger partial charge in [0.25, 0.3) is 5.91 Å². The number of amides is 1. The lowest BCUT2D eigenvalue weighted by atomic mass is 9.98. The summed E-state index contributed by atoms with van der Waals surface area (Å²) in [6.45, 7) is 7.70. The summed E-state index contributed by atoms with van der Waals surface area (Å²) in [5, 5.41) is 3.46. The van der Waals surface area contributed by atoms with E-state index in [1.807, 2.05) is 12.4 Å². The monoisotopic (exact) mass is 512 g/mol. The first-order valence-electron chi connectivity index (χ1n) is 12.9. The molecular formula is C27H37FN6O3. The SMILES string of the molecule is CCN1CCN(C2=CCC(NC3N=CC(CCc4cc(C(=O)NOC)cc(OC)c4F)C=N3)C=C2)CC1. The van der Waals surface area contributed by atoms with Crippen molar-refractivity contribution in [2.75, 3.05) is 46.9 Å². The molecule has 3 aliphatic rings. The van der Waals surface area contributed by atoms with Crippen LogP contribution in [0.5, 0.6) is 5.75 Å². The lowest BCUT2D eigenvalue weighted by Crippen LogP contribution is -2.45. The fourth-order valence-electron chi connectivity index (χ4n) is 4.77. The number of ether oxygens (including phenoxy) is 1. The number of rotatable bonds is 10. The average molecular weight is 513 g/mol. The molecule has 0 saturated carbocycles. The number of benzene rings is 1. The molecule has 2 aliphatic heterocycles. The Morgan fingerprint density at radius 3 is 2.54 bits per heavy atom. The summed E-state index contributed by atoms with van der Waals surface area (Å²) >= 11 is 0. The van der Waals surface area contributed by atoms with E-state index in [-0.39, 0.29) is 29.6 Å². The van der Waals surface area contributed by atoms with Crippen molar-refractivity contribution in [1.82, 2.24) is 20.6 Å². The number of carbonyl (C=O) groups is 1. The molecule has 0 radical (unpaired) electrons. The molecule has 1 unspecified atom stereocenters. The Bertz CT molecular complexity index is 1050. The molecule has 1 saturated heterocycles. The minimum Gasteiger partial charge on any atom is -0.494 e. The minimum atomic E-state index is -0.468. The highest BCUT2D eigenvalue weighted by Gasteiger charge is 2.21. The predicted octanol–water partition coefficient (Wildman–Crippen LogP) is 2.55. The molecular weight excluding hydrogens is 475 g/mol. The van der Waals surface area contributed by atoms with Gasteiger partial charge in [-0.3, -0.25) is 24.9 Å². The van der Waals surface area contributed by atoms with Crippen LogP contribution in [0.4, 0.5) is 4.39 Å². The molecule has 1 amide bonds. The molecule has 9 nitrogen and oxygen atoms in total. The van der Waals surface area contributed by atoms with Gasteiger partial charge in [0, 0.05) is 61.8 Å². The normalized spacial score (nSPS) is 23.7. The Kier molecular flexibility index (Phi) is 9.43. The molecule has 2 heterocycles. The van der Waals surface area contributed by atoms with Crippen molar-refractivity contribution in [2.24, 2.45) is 15.9 Å². The quantitative estimate of drug-likeness (QED) is 0.469. The Balaban J connectivity index is 1.25. The number of nitrogens with zero attached hydrogens (tertiary/aromatic N) is 4. The van der Waals surface area contributed by atoms with Crippen LogP contribution in [0.15, 0.2) is 46.0 Å². The molecule has 4 rings (SSSR count). The van der Waals surface area contributed by atoms with Crippen molar-refractivity contribution in [3.05, 3.63) is 53.0 Å². The molecule has 1 atom stereocenters. The third kappa shape index (κ3) is 7.03. The van der Waals surface area contributed by atoms with Gasteiger partial charge in [-0.2, -0.15) is 0 Å². The average Bonchev–Trinajstić information content (AvgIpc) is 2.94. The van der Waals surface area contributed by atoms with Gasteiger partial charge < -0.3 is 14.5 Å². The number of hydrogen-bond acceptors (Lipinski definition) is 8. The van der Waals surface area contributed by atoms with E-state index in [0.717, 1.165) is 39.1 Å². The van der Waals surface area contributed by atoms with Gasteiger partial charge in [-0.1, -0.05) is 19.1 Å². The van der Waals surface area contributed by atoms with Crippen LogP contribution in [-0.2, 0) is 11.3 Å². The van der Waals surface area contributed by atoms with Crippen LogP contribution in [0.25, 0.3) is 0 Å². The van der Waals surface area contributed by atoms with E-state index in [4.69, 9.17) is 4.74 Å². The molecule has 1 fully saturated rings. The number of nitrogens with one attached hydrogen (secondary N) is 2. The second-order valence-electron chi connectivity index (χ2n) is 9.38. The van der Waals surface area contributed by atoms with E-state index in [1.54, 1.807) is 0 Å². The fraction of sp³-hybridized carbons (Fsp3) is 0.519. The summed E-state index contributed by atoms with van der Waals surface area (Å²) in [6, 6.07) is 3.06. The van der Waals surface area contributed by atoms with Crippen molar-refractivity contribution in [3.63, 3.8) is 0 Å². The second kappa shape index (κ2) is 12.9. The number of allylic oxidation sites excluding steroid dienone is 1. The smallest absolute Gasteiger partial charge is 0.274 e. The van der Waals surface area contributed by atoms with Crippen LogP contribution < -0.4 is 15.5 Å². The highest BCUT2D eigenvalue weighted by Crippen LogP contribution is 2.25. The zero-order chi connectivity index (χ0) is 26.2. The third-order valence-corrected chi connectivity index (χ3v) is 7.00. The summed E-state index contributed by atoms with van der Waals surface area (Å²) in [4.78, 5) is 30.9. The maximum Gasteiger partial charge on any atom is 0.274 e. The molecule has 1 aromatic rings. The van der Waals surface area contributed by atoms with Crippen molar-refractivity contribution in [3.8, 4) is 5.75 Å². The predicted molar refractivity (Wildman–Crippen MR) is 142 cm³/mol. The Labute approximate surface area is 218 Å². The van der Waals surface area contributed by atoms with Gasteiger partial charge in [-0.15, -0.1) is 0 Å². The highest BCUT2D eigenvalue weighted by molar-refractivity contribution is 5.94. The van der Waals surface area contributed by atoms with Crippen molar-refractivity contribution < 1.29 is 18.8 Å². The zero-order valence-corrected chi connectivity index (χ0v) is 21.8. The van der Waals surface area contributed by atoms with Crippen LogP contribution >= 0.6 is 0 Å². The number of carbonyl (C=O) groups excluding carboxylic acids is 1. The summed E-state index contributed by atoms with van der Waals surface area (Å²) in [5.41, 5.74) is 4.22. The largest absolute Gasteiger partial charge is 0.494 e. The zero-order valence-electron chi connectivity index (χ0n) is 21.8. The molecule has 0 aromatic heterocycles. The first-order valence-corrected chi connectivity index (χ1v) is 12.9. The first-order chi connectivity index (χ1) is 18.0. The molecule has 10 heteroatoms. The first kappa shape index (κ1) is 27.0. The Hall–Kier alpha value is -3.08. The molecule has 37 heavy (non-hydrogen) atoms. The number of halogens is 1. The standard InChI is InChI=1S/C27H37FN6O3/c1-4-33-11-13-34(14-12-33)23-9-7-22(8-10-23)31-27-29-17-19(18-30-27)5-6-20-15-21(26(35)32-37-3)16-24(36-2)25(20)28/h7,9-10,15-19,22,27,31H,4-6,8,11-14H2,1-3H3,(H,32,35). The molecule has 1 aromatic carbocycles. The van der Waals surface area contributed by atoms with Gasteiger partial charge >= 0.3 is 0 Å². The van der Waals surface area contributed by atoms with E-state index in [9.17, 15) is 9.18 Å². The van der Waals surface area contributed by atoms with Crippen molar-refractivity contribution in [2.45, 2.75) is 38.5 Å². The van der Waals surface area contributed by atoms with Crippen LogP contribution in [0.2, 0.25) is 0 Å². The number of aryl methyl sites for hydroxylation is 1. The van der Waals surface area contributed by atoms with Crippen LogP contribution in [-0.4, -0.2) is 87.4 Å². The Morgan fingerprint density at radius 1 is 1.16 bits per heavy atom. The summed E-state index contributed by atoms with van der Waals surface area (Å²) in [7, 11) is 2.72. The number of likely N-dealkylation sites (N-methyl/N-ethyl adjacent to an activating group) is 1. The van der Waals surface area contributed by atoms with Crippen molar-refractivity contribution >= 4 is 18.3 Å².